The third-order valence-electron chi connectivity index (χ3n) is 5.14. The van der Waals surface area contributed by atoms with Crippen LogP contribution in [-0.2, 0) is 7.05 Å². The average Bonchev–Trinajstić information content (AvgIpc) is 3.26. The second-order valence-electron chi connectivity index (χ2n) is 7.19. The van der Waals surface area contributed by atoms with Crippen molar-refractivity contribution in [3.63, 3.8) is 0 Å². The Balaban J connectivity index is 1.58. The van der Waals surface area contributed by atoms with E-state index >= 15 is 0 Å². The fourth-order valence-electron chi connectivity index (χ4n) is 3.57. The average molecular weight is 398 g/mol. The molecule has 0 aliphatic carbocycles. The van der Waals surface area contributed by atoms with Gasteiger partial charge in [-0.2, -0.15) is 5.10 Å². The topological polar surface area (TPSA) is 58.7 Å². The fraction of sp³-hybridized carbons (Fsp3) is 0.316. The summed E-state index contributed by atoms with van der Waals surface area (Å²) in [7, 11) is 3.86. The van der Waals surface area contributed by atoms with Crippen LogP contribution >= 0.6 is 11.3 Å². The Hall–Kier alpha value is -2.78. The summed E-state index contributed by atoms with van der Waals surface area (Å²) in [6.07, 6.45) is 3.61. The van der Waals surface area contributed by atoms with E-state index < -0.39 is 5.82 Å². The minimum absolute atomic E-state index is 0.164. The van der Waals surface area contributed by atoms with Gasteiger partial charge in [-0.1, -0.05) is 11.3 Å². The number of piperazine rings is 1. The van der Waals surface area contributed by atoms with Gasteiger partial charge in [-0.05, 0) is 19.2 Å². The number of fused-ring (bicyclic) bond motifs is 2. The van der Waals surface area contributed by atoms with Crippen LogP contribution in [0.2, 0.25) is 0 Å². The zero-order valence-corrected chi connectivity index (χ0v) is 16.4. The van der Waals surface area contributed by atoms with Crippen molar-refractivity contribution in [2.75, 3.05) is 38.1 Å². The van der Waals surface area contributed by atoms with Crippen molar-refractivity contribution in [2.45, 2.75) is 0 Å². The van der Waals surface area contributed by atoms with Gasteiger partial charge in [-0.15, -0.1) is 0 Å². The van der Waals surface area contributed by atoms with Crippen LogP contribution in [0.25, 0.3) is 27.1 Å². The summed E-state index contributed by atoms with van der Waals surface area (Å²) in [5.41, 5.74) is 1.20. The van der Waals surface area contributed by atoms with Crippen molar-refractivity contribution >= 4 is 32.2 Å². The highest BCUT2D eigenvalue weighted by Gasteiger charge is 2.18. The lowest BCUT2D eigenvalue weighted by atomic mass is 10.1. The minimum atomic E-state index is -0.417. The molecule has 28 heavy (non-hydrogen) atoms. The molecule has 9 heteroatoms. The predicted octanol–water partition coefficient (Wildman–Crippen LogP) is 2.20. The molecule has 0 spiro atoms. The first-order chi connectivity index (χ1) is 13.5. The quantitative estimate of drug-likeness (QED) is 0.518. The summed E-state index contributed by atoms with van der Waals surface area (Å²) >= 11 is 1.49. The Kier molecular flexibility index (Phi) is 3.95. The van der Waals surface area contributed by atoms with Gasteiger partial charge in [0.1, 0.15) is 10.5 Å². The van der Waals surface area contributed by atoms with Crippen molar-refractivity contribution in [3.05, 3.63) is 46.8 Å². The maximum absolute atomic E-state index is 14.4. The smallest absolute Gasteiger partial charge is 0.259 e. The maximum Gasteiger partial charge on any atom is 0.259 e. The molecule has 0 radical (unpaired) electrons. The molecule has 7 nitrogen and oxygen atoms in total. The largest absolute Gasteiger partial charge is 0.360 e. The lowest BCUT2D eigenvalue weighted by molar-refractivity contribution is 0.313. The number of anilines is 1. The SMILES string of the molecule is CN1CCN(c2cn3c(=O)cc(-c4cc(F)c5nn(C)cc5c4)nc3s2)CC1. The number of aryl methyl sites for hydroxylation is 1. The molecule has 4 aromatic rings. The van der Waals surface area contributed by atoms with E-state index in [1.807, 2.05) is 12.3 Å². The molecule has 144 valence electrons. The van der Waals surface area contributed by atoms with E-state index in [1.54, 1.807) is 22.3 Å². The molecule has 0 saturated carbocycles. The number of halogens is 1. The van der Waals surface area contributed by atoms with Gasteiger partial charge in [0.2, 0.25) is 0 Å². The van der Waals surface area contributed by atoms with Crippen LogP contribution in [0.5, 0.6) is 0 Å². The van der Waals surface area contributed by atoms with Crippen molar-refractivity contribution in [1.82, 2.24) is 24.1 Å². The number of benzene rings is 1. The number of nitrogens with zero attached hydrogens (tertiary/aromatic N) is 6. The van der Waals surface area contributed by atoms with Gasteiger partial charge >= 0.3 is 0 Å². The number of rotatable bonds is 2. The van der Waals surface area contributed by atoms with Gasteiger partial charge in [0.05, 0.1) is 5.69 Å². The zero-order chi connectivity index (χ0) is 19.4. The third kappa shape index (κ3) is 2.87. The molecule has 1 saturated heterocycles. The summed E-state index contributed by atoms with van der Waals surface area (Å²) in [6.45, 7) is 3.83. The van der Waals surface area contributed by atoms with Gasteiger partial charge in [0.15, 0.2) is 10.8 Å². The summed E-state index contributed by atoms with van der Waals surface area (Å²) in [5.74, 6) is -0.417. The molecule has 0 atom stereocenters. The van der Waals surface area contributed by atoms with Gasteiger partial charge in [-0.3, -0.25) is 13.9 Å². The van der Waals surface area contributed by atoms with Crippen LogP contribution in [0.3, 0.4) is 0 Å². The molecular weight excluding hydrogens is 379 g/mol. The Morgan fingerprint density at radius 3 is 2.64 bits per heavy atom. The monoisotopic (exact) mass is 398 g/mol. The number of thiazole rings is 1. The van der Waals surface area contributed by atoms with Crippen LogP contribution < -0.4 is 10.5 Å². The van der Waals surface area contributed by atoms with E-state index in [1.165, 1.54) is 23.5 Å². The normalized spacial score (nSPS) is 15.8. The number of likely N-dealkylation sites (N-methyl/N-ethyl adjacent to an activating group) is 1. The number of hydrogen-bond donors (Lipinski definition) is 0. The van der Waals surface area contributed by atoms with Crippen molar-refractivity contribution in [2.24, 2.45) is 7.05 Å². The molecule has 1 fully saturated rings. The molecule has 1 aliphatic heterocycles. The Bertz CT molecular complexity index is 1250. The molecule has 0 unspecified atom stereocenters. The first-order valence-corrected chi connectivity index (χ1v) is 9.89. The molecular formula is C19H19FN6OS. The highest BCUT2D eigenvalue weighted by Crippen LogP contribution is 2.29. The number of hydrogen-bond acceptors (Lipinski definition) is 6. The van der Waals surface area contributed by atoms with E-state index in [9.17, 15) is 9.18 Å². The van der Waals surface area contributed by atoms with Crippen LogP contribution in [0, 0.1) is 5.82 Å². The summed E-state index contributed by atoms with van der Waals surface area (Å²) in [4.78, 5) is 22.5. The predicted molar refractivity (Wildman–Crippen MR) is 109 cm³/mol. The highest BCUT2D eigenvalue weighted by atomic mass is 32.1. The third-order valence-corrected chi connectivity index (χ3v) is 6.19. The van der Waals surface area contributed by atoms with Crippen molar-refractivity contribution in [1.29, 1.82) is 0 Å². The fourth-order valence-corrected chi connectivity index (χ4v) is 4.61. The first-order valence-electron chi connectivity index (χ1n) is 9.08. The van der Waals surface area contributed by atoms with Crippen LogP contribution in [0.15, 0.2) is 35.4 Å². The van der Waals surface area contributed by atoms with E-state index in [-0.39, 0.29) is 5.56 Å². The lowest BCUT2D eigenvalue weighted by Crippen LogP contribution is -2.44. The molecule has 5 rings (SSSR count). The van der Waals surface area contributed by atoms with Crippen LogP contribution in [-0.4, -0.2) is 57.3 Å². The van der Waals surface area contributed by atoms with E-state index in [0.29, 0.717) is 27.1 Å². The Morgan fingerprint density at radius 1 is 1.07 bits per heavy atom. The molecule has 1 aliphatic rings. The van der Waals surface area contributed by atoms with Crippen molar-refractivity contribution < 1.29 is 4.39 Å². The number of aromatic nitrogens is 4. The molecule has 1 aromatic carbocycles. The van der Waals surface area contributed by atoms with E-state index in [2.05, 4.69) is 26.9 Å². The summed E-state index contributed by atoms with van der Waals surface area (Å²) < 4.78 is 17.6. The first kappa shape index (κ1) is 17.3. The van der Waals surface area contributed by atoms with E-state index in [4.69, 9.17) is 0 Å². The standard InChI is InChI=1S/C19H19FN6OS/c1-23-3-5-25(6-4-23)17-11-26-16(27)9-15(21-19(26)28-17)12-7-13-10-24(2)22-18(13)14(20)8-12/h7-11H,3-6H2,1-2H3. The van der Waals surface area contributed by atoms with Crippen LogP contribution in [0.4, 0.5) is 9.39 Å². The molecule has 0 bridgehead atoms. The molecule has 4 heterocycles. The van der Waals surface area contributed by atoms with Gasteiger partial charge < -0.3 is 9.80 Å². The summed E-state index contributed by atoms with van der Waals surface area (Å²) in [6, 6.07) is 4.67. The maximum atomic E-state index is 14.4. The Morgan fingerprint density at radius 2 is 1.86 bits per heavy atom. The van der Waals surface area contributed by atoms with Gasteiger partial charge in [-0.25, -0.2) is 9.37 Å². The zero-order valence-electron chi connectivity index (χ0n) is 15.6. The van der Waals surface area contributed by atoms with Crippen LogP contribution in [0.1, 0.15) is 0 Å². The second-order valence-corrected chi connectivity index (χ2v) is 8.18. The lowest BCUT2D eigenvalue weighted by Gasteiger charge is -2.32. The molecule has 0 amide bonds. The minimum Gasteiger partial charge on any atom is -0.360 e. The molecule has 0 N–H and O–H groups in total. The van der Waals surface area contributed by atoms with Crippen molar-refractivity contribution in [3.8, 4) is 11.3 Å². The second kappa shape index (κ2) is 6.39. The van der Waals surface area contributed by atoms with E-state index in [0.717, 1.165) is 31.2 Å². The molecule has 3 aromatic heterocycles. The van der Waals surface area contributed by atoms with Gasteiger partial charge in [0.25, 0.3) is 5.56 Å². The van der Waals surface area contributed by atoms with Gasteiger partial charge in [0, 0.05) is 62.6 Å². The Labute approximate surface area is 164 Å². The highest BCUT2D eigenvalue weighted by molar-refractivity contribution is 7.20. The summed E-state index contributed by atoms with van der Waals surface area (Å²) in [5, 5.41) is 5.84.